The smallest absolute Gasteiger partial charge is 0.334 e. The minimum Gasteiger partial charge on any atom is -0.334 e. The van der Waals surface area contributed by atoms with Gasteiger partial charge in [-0.05, 0) is 34.9 Å². The monoisotopic (exact) mass is 511 g/mol. The molecule has 0 aromatic heterocycles. The Morgan fingerprint density at radius 1 is 0.919 bits per heavy atom. The molecule has 0 radical (unpaired) electrons. The lowest BCUT2D eigenvalue weighted by Gasteiger charge is -2.35. The van der Waals surface area contributed by atoms with Crippen LogP contribution in [-0.4, -0.2) is 34.8 Å². The second-order valence-corrected chi connectivity index (χ2v) is 8.63. The number of hydrogen-bond donors (Lipinski definition) is 1. The summed E-state index contributed by atoms with van der Waals surface area (Å²) in [6, 6.07) is 18.2. The van der Waals surface area contributed by atoms with Crippen molar-refractivity contribution in [1.29, 1.82) is 0 Å². The molecule has 3 aromatic carbocycles. The highest BCUT2D eigenvalue weighted by Crippen LogP contribution is 2.37. The van der Waals surface area contributed by atoms with Crippen LogP contribution < -0.4 is 5.32 Å². The Labute approximate surface area is 212 Å². The summed E-state index contributed by atoms with van der Waals surface area (Å²) in [5.41, 5.74) is 0.494. The summed E-state index contributed by atoms with van der Waals surface area (Å²) in [6.07, 6.45) is -1.53. The van der Waals surface area contributed by atoms with E-state index in [0.29, 0.717) is 5.56 Å². The zero-order valence-electron chi connectivity index (χ0n) is 19.8. The van der Waals surface area contributed by atoms with Crippen molar-refractivity contribution in [2.75, 3.05) is 13.1 Å². The fraction of sp³-hybridized carbons (Fsp3) is 0.214. The molecule has 192 valence electrons. The number of halogens is 4. The fourth-order valence-electron chi connectivity index (χ4n) is 4.19. The predicted molar refractivity (Wildman–Crippen MR) is 131 cm³/mol. The van der Waals surface area contributed by atoms with Gasteiger partial charge in [0.25, 0.3) is 0 Å². The van der Waals surface area contributed by atoms with Gasteiger partial charge in [-0.15, -0.1) is 0 Å². The summed E-state index contributed by atoms with van der Waals surface area (Å²) < 4.78 is 55.0. The Bertz CT molecular complexity index is 1260. The number of hydrogen-bond acceptors (Lipinski definition) is 2. The molecule has 0 saturated heterocycles. The first-order chi connectivity index (χ1) is 17.7. The van der Waals surface area contributed by atoms with Crippen molar-refractivity contribution in [3.63, 3.8) is 0 Å². The maximum atomic E-state index is 13.8. The highest BCUT2D eigenvalue weighted by Gasteiger charge is 2.37. The third-order valence-electron chi connectivity index (χ3n) is 6.05. The summed E-state index contributed by atoms with van der Waals surface area (Å²) >= 11 is 0. The topological polar surface area (TPSA) is 52.7 Å². The number of urea groups is 1. The number of nitrogens with one attached hydrogen (secondary N) is 1. The average Bonchev–Trinajstić information content (AvgIpc) is 2.88. The molecule has 0 spiro atoms. The lowest BCUT2D eigenvalue weighted by molar-refractivity contribution is -0.141. The molecule has 3 aromatic rings. The zero-order chi connectivity index (χ0) is 26.4. The van der Waals surface area contributed by atoms with Crippen LogP contribution in [0.25, 0.3) is 0 Å². The van der Waals surface area contributed by atoms with Gasteiger partial charge in [0.15, 0.2) is 0 Å². The van der Waals surface area contributed by atoms with Crippen molar-refractivity contribution in [3.8, 4) is 0 Å². The van der Waals surface area contributed by atoms with Gasteiger partial charge >= 0.3 is 12.2 Å². The molecule has 1 atom stereocenters. The molecule has 1 aliphatic rings. The minimum atomic E-state index is -4.62. The first kappa shape index (κ1) is 25.9. The molecule has 9 heteroatoms. The molecule has 0 aliphatic carbocycles. The van der Waals surface area contributed by atoms with E-state index in [1.54, 1.807) is 6.08 Å². The van der Waals surface area contributed by atoms with E-state index in [9.17, 15) is 27.2 Å². The summed E-state index contributed by atoms with van der Waals surface area (Å²) in [5.74, 6) is -1.01. The largest absolute Gasteiger partial charge is 0.416 e. The Morgan fingerprint density at radius 3 is 2.30 bits per heavy atom. The third kappa shape index (κ3) is 6.55. The molecule has 1 heterocycles. The molecule has 3 amide bonds. The number of nitrogens with zero attached hydrogens (tertiary/aromatic N) is 2. The van der Waals surface area contributed by atoms with E-state index in [2.05, 4.69) is 5.32 Å². The minimum absolute atomic E-state index is 0.0431. The number of carbonyl (C=O) groups excluding carboxylic acids is 2. The van der Waals surface area contributed by atoms with Gasteiger partial charge in [-0.2, -0.15) is 13.2 Å². The van der Waals surface area contributed by atoms with Gasteiger partial charge in [0.2, 0.25) is 5.91 Å². The van der Waals surface area contributed by atoms with Gasteiger partial charge in [0.05, 0.1) is 11.6 Å². The molecule has 1 aliphatic heterocycles. The summed E-state index contributed by atoms with van der Waals surface area (Å²) in [4.78, 5) is 28.9. The van der Waals surface area contributed by atoms with Crippen LogP contribution in [0.15, 0.2) is 91.0 Å². The Kier molecular flexibility index (Phi) is 7.91. The Morgan fingerprint density at radius 2 is 1.59 bits per heavy atom. The van der Waals surface area contributed by atoms with Crippen LogP contribution in [0.5, 0.6) is 0 Å². The number of amides is 3. The van der Waals surface area contributed by atoms with Gasteiger partial charge < -0.3 is 15.1 Å². The number of rotatable bonds is 5. The molecule has 0 fully saturated rings. The lowest BCUT2D eigenvalue weighted by atomic mass is 9.96. The van der Waals surface area contributed by atoms with Crippen LogP contribution in [0.2, 0.25) is 0 Å². The number of carbonyl (C=O) groups is 2. The van der Waals surface area contributed by atoms with Crippen molar-refractivity contribution < 1.29 is 27.2 Å². The van der Waals surface area contributed by atoms with Crippen LogP contribution >= 0.6 is 0 Å². The second kappa shape index (κ2) is 11.3. The van der Waals surface area contributed by atoms with E-state index in [4.69, 9.17) is 0 Å². The second-order valence-electron chi connectivity index (χ2n) is 8.63. The molecule has 4 rings (SSSR count). The van der Waals surface area contributed by atoms with Crippen LogP contribution in [0.1, 0.15) is 28.3 Å². The maximum Gasteiger partial charge on any atom is 0.416 e. The molecule has 0 bridgehead atoms. The standard InChI is InChI=1S/C28H25F4N3O2/c29-22-14-12-21(13-15-22)18-35-25(23-9-4-5-10-24(23)28(30,31)32)11-6-16-34(19-26(35)36)27(37)33-17-20-7-2-1-3-8-20/h1-15,25H,16-19H2,(H,33,37)/b11-6-/t25-/m0/s1. The van der Waals surface area contributed by atoms with E-state index >= 15 is 0 Å². The predicted octanol–water partition coefficient (Wildman–Crippen LogP) is 5.70. The summed E-state index contributed by atoms with van der Waals surface area (Å²) in [6.45, 7) is -0.104. The Hall–Kier alpha value is -4.14. The van der Waals surface area contributed by atoms with Gasteiger partial charge in [0.1, 0.15) is 12.4 Å². The van der Waals surface area contributed by atoms with Crippen molar-refractivity contribution in [1.82, 2.24) is 15.1 Å². The van der Waals surface area contributed by atoms with Gasteiger partial charge in [-0.25, -0.2) is 9.18 Å². The van der Waals surface area contributed by atoms with E-state index in [0.717, 1.165) is 11.6 Å². The third-order valence-corrected chi connectivity index (χ3v) is 6.05. The van der Waals surface area contributed by atoms with Crippen molar-refractivity contribution >= 4 is 11.9 Å². The lowest BCUT2D eigenvalue weighted by Crippen LogP contribution is -2.48. The first-order valence-electron chi connectivity index (χ1n) is 11.7. The fourth-order valence-corrected chi connectivity index (χ4v) is 4.19. The SMILES string of the molecule is O=C(NCc1ccccc1)N1C/C=C\[C@@H](c2ccccc2C(F)(F)F)N(Cc2ccc(F)cc2)C(=O)C1. The van der Waals surface area contributed by atoms with Crippen LogP contribution in [-0.2, 0) is 24.1 Å². The molecular weight excluding hydrogens is 486 g/mol. The van der Waals surface area contributed by atoms with Gasteiger partial charge in [0, 0.05) is 19.6 Å². The summed E-state index contributed by atoms with van der Waals surface area (Å²) in [7, 11) is 0. The molecule has 37 heavy (non-hydrogen) atoms. The van der Waals surface area contributed by atoms with E-state index in [-0.39, 0.29) is 31.7 Å². The van der Waals surface area contributed by atoms with E-state index in [1.807, 2.05) is 30.3 Å². The highest BCUT2D eigenvalue weighted by molar-refractivity contribution is 5.85. The number of benzene rings is 3. The molecule has 1 N–H and O–H groups in total. The molecule has 0 unspecified atom stereocenters. The zero-order valence-corrected chi connectivity index (χ0v) is 19.8. The van der Waals surface area contributed by atoms with Crippen LogP contribution in [0.3, 0.4) is 0 Å². The van der Waals surface area contributed by atoms with Crippen molar-refractivity contribution in [2.45, 2.75) is 25.3 Å². The molecule has 0 saturated carbocycles. The highest BCUT2D eigenvalue weighted by atomic mass is 19.4. The number of alkyl halides is 3. The quantitative estimate of drug-likeness (QED) is 0.353. The Balaban J connectivity index is 1.64. The van der Waals surface area contributed by atoms with Gasteiger partial charge in [-0.1, -0.05) is 72.8 Å². The average molecular weight is 512 g/mol. The van der Waals surface area contributed by atoms with Crippen LogP contribution in [0, 0.1) is 5.82 Å². The van der Waals surface area contributed by atoms with Crippen molar-refractivity contribution in [3.05, 3.63) is 119 Å². The van der Waals surface area contributed by atoms with E-state index in [1.165, 1.54) is 58.3 Å². The van der Waals surface area contributed by atoms with Crippen LogP contribution in [0.4, 0.5) is 22.4 Å². The van der Waals surface area contributed by atoms with E-state index < -0.39 is 35.5 Å². The normalized spacial score (nSPS) is 17.2. The van der Waals surface area contributed by atoms with Gasteiger partial charge in [-0.3, -0.25) is 4.79 Å². The summed E-state index contributed by atoms with van der Waals surface area (Å²) in [5, 5.41) is 2.77. The first-order valence-corrected chi connectivity index (χ1v) is 11.7. The molecule has 5 nitrogen and oxygen atoms in total. The maximum absolute atomic E-state index is 13.8. The molecular formula is C28H25F4N3O2. The van der Waals surface area contributed by atoms with Crippen molar-refractivity contribution in [2.24, 2.45) is 0 Å².